The highest BCUT2D eigenvalue weighted by Crippen LogP contribution is 2.27. The number of rotatable bonds is 9. The largest absolute Gasteiger partial charge is 0.493 e. The first kappa shape index (κ1) is 24.8. The van der Waals surface area contributed by atoms with Crippen LogP contribution in [-0.4, -0.2) is 57.3 Å². The van der Waals surface area contributed by atoms with Crippen LogP contribution in [0.3, 0.4) is 0 Å². The van der Waals surface area contributed by atoms with Crippen LogP contribution in [0.4, 0.5) is 0 Å². The van der Waals surface area contributed by atoms with Crippen molar-refractivity contribution in [3.05, 3.63) is 23.8 Å². The summed E-state index contributed by atoms with van der Waals surface area (Å²) in [6, 6.07) is 6.75. The summed E-state index contributed by atoms with van der Waals surface area (Å²) in [7, 11) is 3.48. The third-order valence-corrected chi connectivity index (χ3v) is 5.12. The zero-order valence-electron chi connectivity index (χ0n) is 17.8. The highest BCUT2D eigenvalue weighted by atomic mass is 127. The fourth-order valence-corrected chi connectivity index (χ4v) is 3.64. The van der Waals surface area contributed by atoms with E-state index in [9.17, 15) is 0 Å². The normalized spacial score (nSPS) is 17.6. The molecule has 1 fully saturated rings. The molecule has 1 saturated heterocycles. The number of hydrogen-bond acceptors (Lipinski definition) is 4. The number of piperidine rings is 1. The van der Waals surface area contributed by atoms with Crippen LogP contribution in [0.25, 0.3) is 0 Å². The van der Waals surface area contributed by atoms with E-state index in [1.807, 2.05) is 32.2 Å². The van der Waals surface area contributed by atoms with E-state index >= 15 is 0 Å². The first-order chi connectivity index (χ1) is 13.2. The molecule has 1 aromatic rings. The van der Waals surface area contributed by atoms with Gasteiger partial charge in [-0.2, -0.15) is 0 Å². The molecule has 0 spiro atoms. The first-order valence-corrected chi connectivity index (χ1v) is 10.2. The molecule has 0 bridgehead atoms. The molecule has 2 rings (SSSR count). The molecule has 0 saturated carbocycles. The van der Waals surface area contributed by atoms with Gasteiger partial charge in [0, 0.05) is 32.7 Å². The first-order valence-electron chi connectivity index (χ1n) is 10.2. The average Bonchev–Trinajstić information content (AvgIpc) is 2.71. The van der Waals surface area contributed by atoms with Crippen LogP contribution in [0.1, 0.15) is 45.1 Å². The Morgan fingerprint density at radius 1 is 1.21 bits per heavy atom. The molecule has 1 heterocycles. The minimum absolute atomic E-state index is 0. The lowest BCUT2D eigenvalue weighted by atomic mass is 10.0. The second-order valence-electron chi connectivity index (χ2n) is 6.86. The smallest absolute Gasteiger partial charge is 0.191 e. The summed E-state index contributed by atoms with van der Waals surface area (Å²) >= 11 is 0. The van der Waals surface area contributed by atoms with Crippen molar-refractivity contribution in [2.24, 2.45) is 4.99 Å². The van der Waals surface area contributed by atoms with Gasteiger partial charge in [0.15, 0.2) is 17.5 Å². The van der Waals surface area contributed by atoms with Gasteiger partial charge in [0.1, 0.15) is 0 Å². The maximum absolute atomic E-state index is 5.57. The summed E-state index contributed by atoms with van der Waals surface area (Å²) in [4.78, 5) is 6.95. The summed E-state index contributed by atoms with van der Waals surface area (Å²) < 4.78 is 11.0. The molecule has 28 heavy (non-hydrogen) atoms. The standard InChI is InChI=1S/C21H36N4O2.HI/c1-5-18-9-7-8-13-25(18)14-12-23-21(22-3)24-16-17-10-11-19(27-6-2)20(15-17)26-4;/h10-11,15,18H,5-9,12-14,16H2,1-4H3,(H2,22,23,24);1H. The maximum Gasteiger partial charge on any atom is 0.191 e. The van der Waals surface area contributed by atoms with Crippen LogP contribution < -0.4 is 20.1 Å². The highest BCUT2D eigenvalue weighted by molar-refractivity contribution is 14.0. The number of methoxy groups -OCH3 is 1. The molecule has 0 aromatic heterocycles. The van der Waals surface area contributed by atoms with Gasteiger partial charge in [0.25, 0.3) is 0 Å². The number of aliphatic imine (C=N–C) groups is 1. The van der Waals surface area contributed by atoms with Gasteiger partial charge in [-0.05, 0) is 50.4 Å². The maximum atomic E-state index is 5.57. The third-order valence-electron chi connectivity index (χ3n) is 5.12. The quantitative estimate of drug-likeness (QED) is 0.306. The number of likely N-dealkylation sites (tertiary alicyclic amines) is 1. The van der Waals surface area contributed by atoms with Crippen LogP contribution in [-0.2, 0) is 6.54 Å². The number of benzene rings is 1. The van der Waals surface area contributed by atoms with Gasteiger partial charge >= 0.3 is 0 Å². The van der Waals surface area contributed by atoms with Crippen LogP contribution in [0.15, 0.2) is 23.2 Å². The number of halogens is 1. The van der Waals surface area contributed by atoms with E-state index in [-0.39, 0.29) is 24.0 Å². The molecule has 2 N–H and O–H groups in total. The number of nitrogens with zero attached hydrogens (tertiary/aromatic N) is 2. The van der Waals surface area contributed by atoms with E-state index in [1.165, 1.54) is 32.2 Å². The zero-order chi connectivity index (χ0) is 19.5. The van der Waals surface area contributed by atoms with Gasteiger partial charge in [-0.3, -0.25) is 9.89 Å². The molecule has 7 heteroatoms. The van der Waals surface area contributed by atoms with Crippen molar-refractivity contribution in [1.82, 2.24) is 15.5 Å². The zero-order valence-corrected chi connectivity index (χ0v) is 20.1. The molecular formula is C21H37IN4O2. The molecule has 0 aliphatic carbocycles. The Labute approximate surface area is 187 Å². The van der Waals surface area contributed by atoms with E-state index in [0.717, 1.165) is 42.2 Å². The highest BCUT2D eigenvalue weighted by Gasteiger charge is 2.19. The van der Waals surface area contributed by atoms with Crippen molar-refractivity contribution in [2.45, 2.75) is 52.1 Å². The van der Waals surface area contributed by atoms with Crippen LogP contribution in [0, 0.1) is 0 Å². The van der Waals surface area contributed by atoms with Gasteiger partial charge in [-0.25, -0.2) is 0 Å². The Kier molecular flexibility index (Phi) is 12.3. The lowest BCUT2D eigenvalue weighted by Crippen LogP contribution is -2.45. The lowest BCUT2D eigenvalue weighted by molar-refractivity contribution is 0.147. The average molecular weight is 504 g/mol. The monoisotopic (exact) mass is 504 g/mol. The Morgan fingerprint density at radius 2 is 2.04 bits per heavy atom. The van der Waals surface area contributed by atoms with Gasteiger partial charge in [0.05, 0.1) is 13.7 Å². The molecule has 1 aliphatic rings. The third kappa shape index (κ3) is 7.66. The van der Waals surface area contributed by atoms with Gasteiger partial charge in [-0.1, -0.05) is 19.4 Å². The number of guanidine groups is 1. The van der Waals surface area contributed by atoms with E-state index in [4.69, 9.17) is 9.47 Å². The minimum Gasteiger partial charge on any atom is -0.493 e. The predicted octanol–water partition coefficient (Wildman–Crippen LogP) is 3.64. The summed E-state index contributed by atoms with van der Waals surface area (Å²) in [6.45, 7) is 8.76. The molecule has 0 radical (unpaired) electrons. The number of hydrogen-bond donors (Lipinski definition) is 2. The van der Waals surface area contributed by atoms with Gasteiger partial charge < -0.3 is 20.1 Å². The van der Waals surface area contributed by atoms with Crippen LogP contribution >= 0.6 is 24.0 Å². The fraction of sp³-hybridized carbons (Fsp3) is 0.667. The Balaban J connectivity index is 0.00000392. The van der Waals surface area contributed by atoms with E-state index in [1.54, 1.807) is 7.11 Å². The van der Waals surface area contributed by atoms with Crippen molar-refractivity contribution < 1.29 is 9.47 Å². The summed E-state index contributed by atoms with van der Waals surface area (Å²) in [5.74, 6) is 2.36. The van der Waals surface area contributed by atoms with Crippen molar-refractivity contribution in [3.8, 4) is 11.5 Å². The topological polar surface area (TPSA) is 58.1 Å². The second-order valence-corrected chi connectivity index (χ2v) is 6.86. The van der Waals surface area contributed by atoms with Crippen LogP contribution in [0.2, 0.25) is 0 Å². The van der Waals surface area contributed by atoms with Crippen LogP contribution in [0.5, 0.6) is 11.5 Å². The second kappa shape index (κ2) is 13.9. The fourth-order valence-electron chi connectivity index (χ4n) is 3.64. The summed E-state index contributed by atoms with van der Waals surface area (Å²) in [5.41, 5.74) is 1.13. The van der Waals surface area contributed by atoms with E-state index < -0.39 is 0 Å². The van der Waals surface area contributed by atoms with Gasteiger partial charge in [0.2, 0.25) is 0 Å². The van der Waals surface area contributed by atoms with Crippen molar-refractivity contribution >= 4 is 29.9 Å². The predicted molar refractivity (Wildman–Crippen MR) is 127 cm³/mol. The number of nitrogens with one attached hydrogen (secondary N) is 2. The SMILES string of the molecule is CCOc1ccc(CNC(=NC)NCCN2CCCCC2CC)cc1OC.I. The molecular weight excluding hydrogens is 467 g/mol. The number of ether oxygens (including phenoxy) is 2. The Hall–Kier alpha value is -1.22. The molecule has 6 nitrogen and oxygen atoms in total. The van der Waals surface area contributed by atoms with E-state index in [0.29, 0.717) is 13.2 Å². The van der Waals surface area contributed by atoms with Crippen molar-refractivity contribution in [2.75, 3.05) is 40.4 Å². The summed E-state index contributed by atoms with van der Waals surface area (Å²) in [6.07, 6.45) is 5.27. The van der Waals surface area contributed by atoms with Crippen molar-refractivity contribution in [1.29, 1.82) is 0 Å². The lowest BCUT2D eigenvalue weighted by Gasteiger charge is -2.35. The van der Waals surface area contributed by atoms with Crippen molar-refractivity contribution in [3.63, 3.8) is 0 Å². The van der Waals surface area contributed by atoms with Gasteiger partial charge in [-0.15, -0.1) is 24.0 Å². The molecule has 1 aliphatic heterocycles. The molecule has 1 atom stereocenters. The molecule has 160 valence electrons. The summed E-state index contributed by atoms with van der Waals surface area (Å²) in [5, 5.41) is 6.81. The Morgan fingerprint density at radius 3 is 2.71 bits per heavy atom. The van der Waals surface area contributed by atoms with E-state index in [2.05, 4.69) is 27.4 Å². The minimum atomic E-state index is 0. The Bertz CT molecular complexity index is 598. The molecule has 1 aromatic carbocycles. The molecule has 0 amide bonds. The molecule has 1 unspecified atom stereocenters.